The Labute approximate surface area is 568 Å². The van der Waals surface area contributed by atoms with Gasteiger partial charge in [-0.2, -0.15) is 39.5 Å². The van der Waals surface area contributed by atoms with Crippen molar-refractivity contribution in [3.05, 3.63) is 207 Å². The van der Waals surface area contributed by atoms with Crippen LogP contribution < -0.4 is 26.0 Å². The number of H-pyrrole nitrogens is 4. The van der Waals surface area contributed by atoms with Gasteiger partial charge in [0.1, 0.15) is 94.0 Å². The SMILES string of the molecule is CN(C)[C@H]1CCc2ccccc2[C@@H]1Nc1ncnc2[nH]c(C(F)(F)F)cc12.Cc1ccc2c(c1)CCCC2Nc1ncnc2[nH]c(C(F)(F)F)cc12.Cc1ccc2c(c1)CCCC2Nc1ncnc2[nH]c(C(F)(F)F)cc12.c1ccc2c(c1)OCC[C@H]2Nc1ncnc2[nH]c(C3CC3)cc12. The molecule has 5 aliphatic rings. The number of halogens is 9. The molecule has 9 heterocycles. The Balaban J connectivity index is 0.000000114. The minimum absolute atomic E-state index is 0.0340. The summed E-state index contributed by atoms with van der Waals surface area (Å²) in [6.45, 7) is 4.84. The molecule has 1 saturated carbocycles. The largest absolute Gasteiger partial charge is 0.493 e. The molecular formula is C73H72F9N17O. The zero-order chi connectivity index (χ0) is 69.6. The summed E-state index contributed by atoms with van der Waals surface area (Å²) in [6, 6.07) is 34.9. The van der Waals surface area contributed by atoms with Crippen LogP contribution in [0.1, 0.15) is 154 Å². The molecule has 100 heavy (non-hydrogen) atoms. The number of anilines is 4. The van der Waals surface area contributed by atoms with Crippen LogP contribution in [-0.2, 0) is 37.8 Å². The predicted molar refractivity (Wildman–Crippen MR) is 365 cm³/mol. The number of aromatic amines is 4. The standard InChI is InChI=1S/C19H20F3N5.2C18H17F3N4.C18H18N4O/c1-27(2)14-8-7-11-5-3-4-6-12(11)16(14)26-18-13-9-15(19(20,21)22)25-17(13)23-10-24-18;2*1-10-5-6-12-11(7-10)3-2-4-14(12)24-16-13-8-15(18(19,20)21)25-17(13)23-9-22-16;1-2-4-16-12(3-1)14(7-8-23-16)21-17-13-9-15(11-5-6-11)22-18(13)20-10-19-17/h3-6,9-10,14,16H,7-8H2,1-2H3,(H2,23,24,25,26);2*5-9,14H,2-4H2,1H3,(H2,22,23,24,25);1-4,9-11,14H,5-8H2,(H2,19,20,21,22)/t14-,16-;;;14-/m0..1/s1. The fourth-order valence-electron chi connectivity index (χ4n) is 14.1. The molecule has 4 aromatic carbocycles. The van der Waals surface area contributed by atoms with Gasteiger partial charge in [0, 0.05) is 23.7 Å². The fraction of sp³-hybridized carbons (Fsp3) is 0.342. The van der Waals surface area contributed by atoms with Gasteiger partial charge in [0.15, 0.2) is 0 Å². The number of likely N-dealkylation sites (N-methyl/N-ethyl adjacent to an activating group) is 1. The molecule has 8 N–H and O–H groups in total. The lowest BCUT2D eigenvalue weighted by Gasteiger charge is -2.38. The van der Waals surface area contributed by atoms with Crippen molar-refractivity contribution >= 4 is 67.4 Å². The molecular weight excluding hydrogens is 1300 g/mol. The van der Waals surface area contributed by atoms with E-state index in [4.69, 9.17) is 4.74 Å². The lowest BCUT2D eigenvalue weighted by atomic mass is 9.83. The van der Waals surface area contributed by atoms with Crippen LogP contribution in [0.3, 0.4) is 0 Å². The van der Waals surface area contributed by atoms with Crippen LogP contribution in [0.4, 0.5) is 62.8 Å². The molecule has 0 spiro atoms. The zero-order valence-corrected chi connectivity index (χ0v) is 55.0. The summed E-state index contributed by atoms with van der Waals surface area (Å²) in [7, 11) is 4.03. The van der Waals surface area contributed by atoms with Gasteiger partial charge in [-0.1, -0.05) is 90.0 Å². The molecule has 17 rings (SSSR count). The molecule has 0 saturated heterocycles. The molecule has 8 aromatic heterocycles. The number of nitrogens with one attached hydrogen (secondary N) is 8. The molecule has 2 unspecified atom stereocenters. The van der Waals surface area contributed by atoms with Gasteiger partial charge in [-0.05, 0) is 162 Å². The summed E-state index contributed by atoms with van der Waals surface area (Å²) in [6.07, 6.45) is 3.48. The summed E-state index contributed by atoms with van der Waals surface area (Å²) in [5.74, 6) is 3.81. The number of benzene rings is 4. The van der Waals surface area contributed by atoms with E-state index in [9.17, 15) is 39.5 Å². The lowest BCUT2D eigenvalue weighted by molar-refractivity contribution is -0.141. The second-order valence-electron chi connectivity index (χ2n) is 26.3. The monoisotopic (exact) mass is 1370 g/mol. The molecule has 518 valence electrons. The maximum Gasteiger partial charge on any atom is 0.431 e. The molecule has 0 amide bonds. The fourth-order valence-corrected chi connectivity index (χ4v) is 14.1. The van der Waals surface area contributed by atoms with E-state index >= 15 is 0 Å². The van der Waals surface area contributed by atoms with E-state index in [1.54, 1.807) is 6.33 Å². The van der Waals surface area contributed by atoms with Gasteiger partial charge in [-0.3, -0.25) is 0 Å². The molecule has 1 aliphatic heterocycles. The molecule has 0 radical (unpaired) electrons. The molecule has 4 aliphatic carbocycles. The normalized spacial score (nSPS) is 18.8. The molecule has 1 fully saturated rings. The third-order valence-corrected chi connectivity index (χ3v) is 19.2. The maximum absolute atomic E-state index is 13.1. The summed E-state index contributed by atoms with van der Waals surface area (Å²) in [4.78, 5) is 45.8. The van der Waals surface area contributed by atoms with E-state index < -0.39 is 35.6 Å². The molecule has 5 atom stereocenters. The van der Waals surface area contributed by atoms with E-state index in [1.165, 1.54) is 82.0 Å². The number of aryl methyl sites for hydroxylation is 5. The molecule has 18 nitrogen and oxygen atoms in total. The van der Waals surface area contributed by atoms with Gasteiger partial charge in [0.25, 0.3) is 0 Å². The van der Waals surface area contributed by atoms with Crippen LogP contribution in [0, 0.1) is 13.8 Å². The van der Waals surface area contributed by atoms with E-state index in [0.29, 0.717) is 39.5 Å². The Morgan fingerprint density at radius 3 is 1.32 bits per heavy atom. The predicted octanol–water partition coefficient (Wildman–Crippen LogP) is 17.3. The summed E-state index contributed by atoms with van der Waals surface area (Å²) in [5, 5.41) is 15.8. The Hall–Kier alpha value is -10.3. The Kier molecular flexibility index (Phi) is 18.3. The van der Waals surface area contributed by atoms with Crippen molar-refractivity contribution < 1.29 is 44.3 Å². The Morgan fingerprint density at radius 2 is 0.850 bits per heavy atom. The van der Waals surface area contributed by atoms with Crippen LogP contribution in [0.5, 0.6) is 5.75 Å². The van der Waals surface area contributed by atoms with Crippen LogP contribution in [-0.4, -0.2) is 91.5 Å². The van der Waals surface area contributed by atoms with Gasteiger partial charge in [-0.25, -0.2) is 39.9 Å². The Morgan fingerprint density at radius 1 is 0.420 bits per heavy atom. The van der Waals surface area contributed by atoms with E-state index in [-0.39, 0.29) is 47.2 Å². The van der Waals surface area contributed by atoms with Crippen molar-refractivity contribution in [3.63, 3.8) is 0 Å². The van der Waals surface area contributed by atoms with E-state index in [0.717, 1.165) is 111 Å². The number of rotatable bonds is 10. The lowest BCUT2D eigenvalue weighted by Crippen LogP contribution is -2.41. The van der Waals surface area contributed by atoms with Crippen LogP contribution in [0.25, 0.3) is 44.1 Å². The number of nitrogens with zero attached hydrogens (tertiary/aromatic N) is 9. The van der Waals surface area contributed by atoms with Gasteiger partial charge in [-0.15, -0.1) is 0 Å². The summed E-state index contributed by atoms with van der Waals surface area (Å²) >= 11 is 0. The minimum Gasteiger partial charge on any atom is -0.493 e. The average molecular weight is 1370 g/mol. The van der Waals surface area contributed by atoms with Gasteiger partial charge < -0.3 is 50.8 Å². The highest BCUT2D eigenvalue weighted by Crippen LogP contribution is 2.44. The number of hydrogen-bond donors (Lipinski definition) is 8. The zero-order valence-electron chi connectivity index (χ0n) is 55.0. The Bertz CT molecular complexity index is 4760. The van der Waals surface area contributed by atoms with Crippen LogP contribution in [0.15, 0.2) is 135 Å². The summed E-state index contributed by atoms with van der Waals surface area (Å²) < 4.78 is 123. The number of alkyl halides is 9. The van der Waals surface area contributed by atoms with Crippen molar-refractivity contribution in [3.8, 4) is 5.75 Å². The number of hydrogen-bond acceptors (Lipinski definition) is 14. The summed E-state index contributed by atoms with van der Waals surface area (Å²) in [5.41, 5.74) is 11.3. The average Bonchev–Trinajstić information content (AvgIpc) is 1.46. The highest BCUT2D eigenvalue weighted by Gasteiger charge is 2.38. The maximum atomic E-state index is 13.1. The van der Waals surface area contributed by atoms with Gasteiger partial charge >= 0.3 is 18.5 Å². The van der Waals surface area contributed by atoms with Crippen molar-refractivity contribution in [1.82, 2.24) is 64.7 Å². The first-order valence-electron chi connectivity index (χ1n) is 33.3. The first kappa shape index (κ1) is 66.9. The number of fused-ring (bicyclic) bond motifs is 8. The third-order valence-electron chi connectivity index (χ3n) is 19.2. The molecule has 0 bridgehead atoms. The van der Waals surface area contributed by atoms with Gasteiger partial charge in [0.05, 0.1) is 52.3 Å². The van der Waals surface area contributed by atoms with Crippen molar-refractivity contribution in [2.45, 2.75) is 139 Å². The van der Waals surface area contributed by atoms with Crippen molar-refractivity contribution in [1.29, 1.82) is 0 Å². The molecule has 12 aromatic rings. The second kappa shape index (κ2) is 27.4. The van der Waals surface area contributed by atoms with Crippen molar-refractivity contribution in [2.75, 3.05) is 42.0 Å². The first-order valence-corrected chi connectivity index (χ1v) is 33.3. The van der Waals surface area contributed by atoms with Crippen molar-refractivity contribution in [2.24, 2.45) is 0 Å². The number of ether oxygens (including phenoxy) is 1. The third kappa shape index (κ3) is 14.4. The number of para-hydroxylation sites is 1. The van der Waals surface area contributed by atoms with Crippen LogP contribution >= 0.6 is 0 Å². The van der Waals surface area contributed by atoms with E-state index in [2.05, 4.69) is 167 Å². The topological polar surface area (TPSA) is 227 Å². The highest BCUT2D eigenvalue weighted by atomic mass is 19.4. The van der Waals surface area contributed by atoms with Crippen LogP contribution in [0.2, 0.25) is 0 Å². The first-order chi connectivity index (χ1) is 48.1. The second-order valence-corrected chi connectivity index (χ2v) is 26.3. The van der Waals surface area contributed by atoms with E-state index in [1.807, 2.05) is 38.4 Å². The smallest absolute Gasteiger partial charge is 0.431 e. The molecule has 27 heteroatoms. The van der Waals surface area contributed by atoms with Gasteiger partial charge in [0.2, 0.25) is 0 Å². The quantitative estimate of drug-likeness (QED) is 0.0596. The number of aromatic nitrogens is 12. The highest BCUT2D eigenvalue weighted by molar-refractivity contribution is 5.90. The minimum atomic E-state index is -4.46.